The van der Waals surface area contributed by atoms with Gasteiger partial charge in [0.25, 0.3) is 5.91 Å². The molecule has 0 spiro atoms. The Morgan fingerprint density at radius 1 is 1.21 bits per heavy atom. The van der Waals surface area contributed by atoms with Crippen LogP contribution < -0.4 is 29.6 Å². The zero-order valence-corrected chi connectivity index (χ0v) is 15.6. The molecule has 1 aliphatic rings. The molecule has 2 N–H and O–H groups in total. The Labute approximate surface area is 167 Å². The van der Waals surface area contributed by atoms with Crippen LogP contribution in [0.3, 0.4) is 0 Å². The molecule has 0 bridgehead atoms. The van der Waals surface area contributed by atoms with Gasteiger partial charge in [0.2, 0.25) is 0 Å². The summed E-state index contributed by atoms with van der Waals surface area (Å²) in [6, 6.07) is 13.1. The number of nitrogens with one attached hydrogen (secondary N) is 2. The number of urea groups is 1. The van der Waals surface area contributed by atoms with E-state index in [0.717, 1.165) is 0 Å². The second kappa shape index (κ2) is 9.32. The summed E-state index contributed by atoms with van der Waals surface area (Å²) in [4.78, 5) is 23.8. The van der Waals surface area contributed by atoms with E-state index in [1.54, 1.807) is 12.1 Å². The van der Waals surface area contributed by atoms with Crippen LogP contribution in [0.15, 0.2) is 42.5 Å². The van der Waals surface area contributed by atoms with Crippen molar-refractivity contribution in [2.45, 2.75) is 6.10 Å². The number of rotatable bonds is 6. The van der Waals surface area contributed by atoms with Crippen LogP contribution in [0, 0.1) is 11.3 Å². The van der Waals surface area contributed by atoms with Crippen molar-refractivity contribution in [3.63, 3.8) is 0 Å². The highest BCUT2D eigenvalue weighted by molar-refractivity contribution is 5.95. The molecule has 3 rings (SSSR count). The van der Waals surface area contributed by atoms with E-state index in [1.165, 1.54) is 25.3 Å². The van der Waals surface area contributed by atoms with E-state index in [-0.39, 0.29) is 25.0 Å². The molecule has 9 heteroatoms. The van der Waals surface area contributed by atoms with Crippen molar-refractivity contribution in [3.05, 3.63) is 48.0 Å². The van der Waals surface area contributed by atoms with Gasteiger partial charge in [-0.2, -0.15) is 5.26 Å². The number of carbonyl (C=O) groups is 2. The Morgan fingerprint density at radius 2 is 2.00 bits per heavy atom. The fourth-order valence-electron chi connectivity index (χ4n) is 2.58. The summed E-state index contributed by atoms with van der Waals surface area (Å²) in [5.74, 6) is 1.22. The average molecular weight is 397 g/mol. The highest BCUT2D eigenvalue weighted by atomic mass is 16.6. The second-order valence-electron chi connectivity index (χ2n) is 6.02. The fourth-order valence-corrected chi connectivity index (χ4v) is 2.58. The standard InChI is InChI=1S/C20H19N3O6/c1-26-18-8-13(9-21)6-7-16(18)28-12-19(24)23-20(25)22-10-14-11-27-15-4-2-3-5-17(15)29-14/h2-8,14H,10-12H2,1H3,(H2,22,23,24,25). The molecule has 0 fully saturated rings. The molecule has 2 aromatic carbocycles. The van der Waals surface area contributed by atoms with E-state index >= 15 is 0 Å². The molecule has 2 aromatic rings. The quantitative estimate of drug-likeness (QED) is 0.760. The highest BCUT2D eigenvalue weighted by Crippen LogP contribution is 2.30. The van der Waals surface area contributed by atoms with Gasteiger partial charge >= 0.3 is 6.03 Å². The minimum absolute atomic E-state index is 0.164. The van der Waals surface area contributed by atoms with Gasteiger partial charge in [-0.25, -0.2) is 4.79 Å². The van der Waals surface area contributed by atoms with Crippen LogP contribution >= 0.6 is 0 Å². The SMILES string of the molecule is COc1cc(C#N)ccc1OCC(=O)NC(=O)NCC1COc2ccccc2O1. The predicted octanol–water partition coefficient (Wildman–Crippen LogP) is 1.61. The maximum absolute atomic E-state index is 11.9. The molecular formula is C20H19N3O6. The average Bonchev–Trinajstić information content (AvgIpc) is 2.76. The fraction of sp³-hybridized carbons (Fsp3) is 0.250. The van der Waals surface area contributed by atoms with E-state index < -0.39 is 18.5 Å². The smallest absolute Gasteiger partial charge is 0.321 e. The number of amides is 3. The summed E-state index contributed by atoms with van der Waals surface area (Å²) < 4.78 is 21.8. The van der Waals surface area contributed by atoms with Gasteiger partial charge in [0.1, 0.15) is 6.61 Å². The van der Waals surface area contributed by atoms with E-state index in [4.69, 9.17) is 24.2 Å². The molecule has 150 valence electrons. The molecule has 0 aromatic heterocycles. The van der Waals surface area contributed by atoms with Crippen LogP contribution in [0.1, 0.15) is 5.56 Å². The number of imide groups is 1. The molecule has 0 aliphatic carbocycles. The van der Waals surface area contributed by atoms with E-state index in [9.17, 15) is 9.59 Å². The second-order valence-corrected chi connectivity index (χ2v) is 6.02. The minimum atomic E-state index is -0.673. The number of benzene rings is 2. The van der Waals surface area contributed by atoms with E-state index in [2.05, 4.69) is 10.6 Å². The normalized spacial score (nSPS) is 14.3. The Bertz CT molecular complexity index is 940. The number of ether oxygens (including phenoxy) is 4. The molecule has 0 radical (unpaired) electrons. The molecule has 3 amide bonds. The first kappa shape index (κ1) is 19.8. The molecule has 1 aliphatic heterocycles. The lowest BCUT2D eigenvalue weighted by Gasteiger charge is -2.26. The zero-order chi connectivity index (χ0) is 20.6. The first-order valence-corrected chi connectivity index (χ1v) is 8.76. The third-order valence-corrected chi connectivity index (χ3v) is 3.96. The lowest BCUT2D eigenvalue weighted by molar-refractivity contribution is -0.122. The summed E-state index contributed by atoms with van der Waals surface area (Å²) in [5.41, 5.74) is 0.398. The zero-order valence-electron chi connectivity index (χ0n) is 15.6. The van der Waals surface area contributed by atoms with Gasteiger partial charge in [0.15, 0.2) is 35.7 Å². The number of nitrogens with zero attached hydrogens (tertiary/aromatic N) is 1. The number of hydrogen-bond donors (Lipinski definition) is 2. The van der Waals surface area contributed by atoms with Crippen LogP contribution in [-0.2, 0) is 4.79 Å². The minimum Gasteiger partial charge on any atom is -0.493 e. The van der Waals surface area contributed by atoms with E-state index in [0.29, 0.717) is 22.8 Å². The topological polar surface area (TPSA) is 119 Å². The predicted molar refractivity (Wildman–Crippen MR) is 101 cm³/mol. The molecule has 1 unspecified atom stereocenters. The molecule has 1 atom stereocenters. The Balaban J connectivity index is 1.42. The van der Waals surface area contributed by atoms with Crippen molar-refractivity contribution in [2.24, 2.45) is 0 Å². The summed E-state index contributed by atoms with van der Waals surface area (Å²) >= 11 is 0. The van der Waals surface area contributed by atoms with Crippen LogP contribution in [0.25, 0.3) is 0 Å². The highest BCUT2D eigenvalue weighted by Gasteiger charge is 2.21. The Hall–Kier alpha value is -3.93. The number of hydrogen-bond acceptors (Lipinski definition) is 7. The molecule has 0 saturated heterocycles. The number of methoxy groups -OCH3 is 1. The Kier molecular flexibility index (Phi) is 6.37. The first-order valence-electron chi connectivity index (χ1n) is 8.76. The monoisotopic (exact) mass is 397 g/mol. The summed E-state index contributed by atoms with van der Waals surface area (Å²) in [5, 5.41) is 13.6. The largest absolute Gasteiger partial charge is 0.493 e. The van der Waals surface area contributed by atoms with Crippen LogP contribution in [0.4, 0.5) is 4.79 Å². The van der Waals surface area contributed by atoms with Gasteiger partial charge < -0.3 is 24.3 Å². The lowest BCUT2D eigenvalue weighted by Crippen LogP contribution is -2.47. The van der Waals surface area contributed by atoms with Gasteiger partial charge in [0.05, 0.1) is 25.3 Å². The van der Waals surface area contributed by atoms with Gasteiger partial charge in [-0.3, -0.25) is 10.1 Å². The lowest BCUT2D eigenvalue weighted by atomic mass is 10.2. The van der Waals surface area contributed by atoms with Crippen LogP contribution in [-0.4, -0.2) is 44.9 Å². The van der Waals surface area contributed by atoms with Crippen molar-refractivity contribution in [1.29, 1.82) is 5.26 Å². The maximum Gasteiger partial charge on any atom is 0.321 e. The third-order valence-electron chi connectivity index (χ3n) is 3.96. The number of para-hydroxylation sites is 2. The molecule has 29 heavy (non-hydrogen) atoms. The van der Waals surface area contributed by atoms with Crippen LogP contribution in [0.2, 0.25) is 0 Å². The van der Waals surface area contributed by atoms with Crippen molar-refractivity contribution in [3.8, 4) is 29.1 Å². The summed E-state index contributed by atoms with van der Waals surface area (Å²) in [6.45, 7) is 0.0523. The van der Waals surface area contributed by atoms with Gasteiger partial charge in [0, 0.05) is 6.07 Å². The molecule has 9 nitrogen and oxygen atoms in total. The van der Waals surface area contributed by atoms with Crippen molar-refractivity contribution >= 4 is 11.9 Å². The third kappa shape index (κ3) is 5.29. The van der Waals surface area contributed by atoms with Gasteiger partial charge in [-0.05, 0) is 24.3 Å². The van der Waals surface area contributed by atoms with Crippen molar-refractivity contribution < 1.29 is 28.5 Å². The summed E-state index contributed by atoms with van der Waals surface area (Å²) in [7, 11) is 1.42. The number of carbonyl (C=O) groups excluding carboxylic acids is 2. The molecule has 1 heterocycles. The first-order chi connectivity index (χ1) is 14.1. The van der Waals surface area contributed by atoms with Crippen molar-refractivity contribution in [1.82, 2.24) is 10.6 Å². The molecular weight excluding hydrogens is 378 g/mol. The summed E-state index contributed by atoms with van der Waals surface area (Å²) in [6.07, 6.45) is -0.370. The number of nitriles is 1. The maximum atomic E-state index is 11.9. The van der Waals surface area contributed by atoms with Crippen LogP contribution in [0.5, 0.6) is 23.0 Å². The van der Waals surface area contributed by atoms with Gasteiger partial charge in [-0.15, -0.1) is 0 Å². The van der Waals surface area contributed by atoms with E-state index in [1.807, 2.05) is 18.2 Å². The van der Waals surface area contributed by atoms with Crippen molar-refractivity contribution in [2.75, 3.05) is 26.9 Å². The Morgan fingerprint density at radius 3 is 2.76 bits per heavy atom. The number of fused-ring (bicyclic) bond motifs is 1. The van der Waals surface area contributed by atoms with Gasteiger partial charge in [-0.1, -0.05) is 12.1 Å². The molecule has 0 saturated carbocycles.